The van der Waals surface area contributed by atoms with Crippen LogP contribution in [0.4, 0.5) is 5.69 Å². The van der Waals surface area contributed by atoms with E-state index in [1.54, 1.807) is 6.07 Å². The summed E-state index contributed by atoms with van der Waals surface area (Å²) in [5, 5.41) is 9.13. The van der Waals surface area contributed by atoms with Crippen LogP contribution in [0.3, 0.4) is 0 Å². The third-order valence-corrected chi connectivity index (χ3v) is 2.55. The number of anilines is 1. The monoisotopic (exact) mass is 213 g/mol. The van der Waals surface area contributed by atoms with Gasteiger partial charge in [0.2, 0.25) is 0 Å². The van der Waals surface area contributed by atoms with Crippen LogP contribution in [-0.2, 0) is 6.61 Å². The lowest BCUT2D eigenvalue weighted by molar-refractivity contribution is 0.282. The third kappa shape index (κ3) is 2.23. The molecule has 82 valence electrons. The fourth-order valence-corrected chi connectivity index (χ4v) is 1.80. The van der Waals surface area contributed by atoms with Crippen molar-refractivity contribution >= 4 is 5.69 Å². The molecule has 0 aliphatic carbocycles. The van der Waals surface area contributed by atoms with E-state index >= 15 is 0 Å². The minimum absolute atomic E-state index is 0.0177. The minimum Gasteiger partial charge on any atom is -0.399 e. The van der Waals surface area contributed by atoms with E-state index in [9.17, 15) is 0 Å². The number of hydrogen-bond donors (Lipinski definition) is 2. The molecule has 0 amide bonds. The first-order valence-electron chi connectivity index (χ1n) is 5.26. The molecule has 2 rings (SSSR count). The summed E-state index contributed by atoms with van der Waals surface area (Å²) in [6.45, 7) is 2.08. The molecule has 0 spiro atoms. The molecule has 0 heterocycles. The molecule has 0 fully saturated rings. The van der Waals surface area contributed by atoms with Gasteiger partial charge in [0.05, 0.1) is 6.61 Å². The maximum atomic E-state index is 9.13. The highest BCUT2D eigenvalue weighted by molar-refractivity contribution is 5.69. The first-order chi connectivity index (χ1) is 7.69. The molecule has 0 aliphatic heterocycles. The number of hydrogen-bond acceptors (Lipinski definition) is 2. The number of aliphatic hydroxyl groups is 1. The Morgan fingerprint density at radius 1 is 1.06 bits per heavy atom. The SMILES string of the molecule is Cc1cccc(-c2cc(N)cc(CO)c2)c1. The van der Waals surface area contributed by atoms with E-state index in [1.165, 1.54) is 5.56 Å². The van der Waals surface area contributed by atoms with Crippen LogP contribution in [0.25, 0.3) is 11.1 Å². The van der Waals surface area contributed by atoms with Crippen molar-refractivity contribution in [3.05, 3.63) is 53.6 Å². The number of nitrogens with two attached hydrogens (primary N) is 1. The summed E-state index contributed by atoms with van der Waals surface area (Å²) in [5.41, 5.74) is 10.7. The Labute approximate surface area is 95.4 Å². The lowest BCUT2D eigenvalue weighted by atomic mass is 10.0. The molecule has 2 aromatic rings. The van der Waals surface area contributed by atoms with E-state index in [0.29, 0.717) is 5.69 Å². The Morgan fingerprint density at radius 3 is 2.56 bits per heavy atom. The molecule has 0 saturated carbocycles. The highest BCUT2D eigenvalue weighted by Crippen LogP contribution is 2.24. The second kappa shape index (κ2) is 4.37. The van der Waals surface area contributed by atoms with Gasteiger partial charge >= 0.3 is 0 Å². The molecule has 0 radical (unpaired) electrons. The van der Waals surface area contributed by atoms with Crippen molar-refractivity contribution in [3.8, 4) is 11.1 Å². The van der Waals surface area contributed by atoms with Gasteiger partial charge in [0, 0.05) is 5.69 Å². The molecule has 0 saturated heterocycles. The van der Waals surface area contributed by atoms with Crippen molar-refractivity contribution in [1.29, 1.82) is 0 Å². The van der Waals surface area contributed by atoms with Gasteiger partial charge in [-0.15, -0.1) is 0 Å². The van der Waals surface area contributed by atoms with Crippen LogP contribution in [-0.4, -0.2) is 5.11 Å². The maximum Gasteiger partial charge on any atom is 0.0682 e. The largest absolute Gasteiger partial charge is 0.399 e. The number of nitrogen functional groups attached to an aromatic ring is 1. The molecule has 2 nitrogen and oxygen atoms in total. The minimum atomic E-state index is 0.0177. The fourth-order valence-electron chi connectivity index (χ4n) is 1.80. The summed E-state index contributed by atoms with van der Waals surface area (Å²) in [5.74, 6) is 0. The summed E-state index contributed by atoms with van der Waals surface area (Å²) >= 11 is 0. The summed E-state index contributed by atoms with van der Waals surface area (Å²) in [7, 11) is 0. The van der Waals surface area contributed by atoms with Gasteiger partial charge in [-0.2, -0.15) is 0 Å². The lowest BCUT2D eigenvalue weighted by Gasteiger charge is -2.07. The maximum absolute atomic E-state index is 9.13. The van der Waals surface area contributed by atoms with Gasteiger partial charge in [0.15, 0.2) is 0 Å². The molecule has 0 aromatic heterocycles. The van der Waals surface area contributed by atoms with E-state index in [0.717, 1.165) is 16.7 Å². The highest BCUT2D eigenvalue weighted by Gasteiger charge is 2.01. The van der Waals surface area contributed by atoms with E-state index in [2.05, 4.69) is 19.1 Å². The summed E-state index contributed by atoms with van der Waals surface area (Å²) in [6.07, 6.45) is 0. The Kier molecular flexibility index (Phi) is 2.93. The fraction of sp³-hybridized carbons (Fsp3) is 0.143. The molecule has 0 aliphatic rings. The van der Waals surface area contributed by atoms with Crippen LogP contribution in [0.5, 0.6) is 0 Å². The van der Waals surface area contributed by atoms with Crippen molar-refractivity contribution in [2.45, 2.75) is 13.5 Å². The number of aliphatic hydroxyl groups excluding tert-OH is 1. The van der Waals surface area contributed by atoms with E-state index in [4.69, 9.17) is 10.8 Å². The highest BCUT2D eigenvalue weighted by atomic mass is 16.3. The normalized spacial score (nSPS) is 10.4. The van der Waals surface area contributed by atoms with Crippen LogP contribution < -0.4 is 5.73 Å². The summed E-state index contributed by atoms with van der Waals surface area (Å²) in [4.78, 5) is 0. The zero-order chi connectivity index (χ0) is 11.5. The second-order valence-electron chi connectivity index (χ2n) is 3.99. The predicted octanol–water partition coefficient (Wildman–Crippen LogP) is 2.74. The third-order valence-electron chi connectivity index (χ3n) is 2.55. The van der Waals surface area contributed by atoms with Crippen LogP contribution in [0.1, 0.15) is 11.1 Å². The molecular weight excluding hydrogens is 198 g/mol. The molecule has 2 aromatic carbocycles. The van der Waals surface area contributed by atoms with Crippen molar-refractivity contribution in [3.63, 3.8) is 0 Å². The second-order valence-corrected chi connectivity index (χ2v) is 3.99. The molecular formula is C14H15NO. The van der Waals surface area contributed by atoms with Crippen LogP contribution in [0.15, 0.2) is 42.5 Å². The van der Waals surface area contributed by atoms with Gasteiger partial charge in [-0.25, -0.2) is 0 Å². The van der Waals surface area contributed by atoms with Gasteiger partial charge in [0.1, 0.15) is 0 Å². The topological polar surface area (TPSA) is 46.2 Å². The Bertz CT molecular complexity index is 506. The van der Waals surface area contributed by atoms with Gasteiger partial charge in [-0.3, -0.25) is 0 Å². The van der Waals surface area contributed by atoms with Crippen molar-refractivity contribution in [2.24, 2.45) is 0 Å². The predicted molar refractivity (Wildman–Crippen MR) is 67.0 cm³/mol. The molecule has 3 N–H and O–H groups in total. The molecule has 0 atom stereocenters. The lowest BCUT2D eigenvalue weighted by Crippen LogP contribution is -1.91. The van der Waals surface area contributed by atoms with Gasteiger partial charge in [0.25, 0.3) is 0 Å². The average Bonchev–Trinajstić information content (AvgIpc) is 2.28. The van der Waals surface area contributed by atoms with Crippen LogP contribution in [0.2, 0.25) is 0 Å². The van der Waals surface area contributed by atoms with Crippen molar-refractivity contribution in [1.82, 2.24) is 0 Å². The number of benzene rings is 2. The standard InChI is InChI=1S/C14H15NO/c1-10-3-2-4-12(5-10)13-6-11(9-16)7-14(15)8-13/h2-8,16H,9,15H2,1H3. The van der Waals surface area contributed by atoms with E-state index in [1.807, 2.05) is 24.3 Å². The zero-order valence-electron chi connectivity index (χ0n) is 9.27. The van der Waals surface area contributed by atoms with E-state index in [-0.39, 0.29) is 6.61 Å². The van der Waals surface area contributed by atoms with Gasteiger partial charge in [-0.05, 0) is 41.8 Å². The first kappa shape index (κ1) is 10.7. The van der Waals surface area contributed by atoms with Crippen LogP contribution in [0, 0.1) is 6.92 Å². The van der Waals surface area contributed by atoms with E-state index < -0.39 is 0 Å². The molecule has 0 unspecified atom stereocenters. The molecule has 16 heavy (non-hydrogen) atoms. The summed E-state index contributed by atoms with van der Waals surface area (Å²) < 4.78 is 0. The Balaban J connectivity index is 2.51. The number of aryl methyl sites for hydroxylation is 1. The van der Waals surface area contributed by atoms with Gasteiger partial charge in [-0.1, -0.05) is 29.8 Å². The Morgan fingerprint density at radius 2 is 1.88 bits per heavy atom. The van der Waals surface area contributed by atoms with Crippen molar-refractivity contribution < 1.29 is 5.11 Å². The summed E-state index contributed by atoms with van der Waals surface area (Å²) in [6, 6.07) is 13.9. The first-order valence-corrected chi connectivity index (χ1v) is 5.26. The number of rotatable bonds is 2. The van der Waals surface area contributed by atoms with Crippen LogP contribution >= 0.6 is 0 Å². The molecule has 0 bridgehead atoms. The molecule has 2 heteroatoms. The quantitative estimate of drug-likeness (QED) is 0.753. The smallest absolute Gasteiger partial charge is 0.0682 e. The Hall–Kier alpha value is -1.80. The van der Waals surface area contributed by atoms with Gasteiger partial charge < -0.3 is 10.8 Å². The average molecular weight is 213 g/mol. The van der Waals surface area contributed by atoms with Crippen molar-refractivity contribution in [2.75, 3.05) is 5.73 Å². The zero-order valence-corrected chi connectivity index (χ0v) is 9.27.